The van der Waals surface area contributed by atoms with Crippen molar-refractivity contribution in [1.29, 1.82) is 0 Å². The lowest BCUT2D eigenvalue weighted by atomic mass is 10.0. The van der Waals surface area contributed by atoms with Crippen molar-refractivity contribution in [3.8, 4) is 0 Å². The van der Waals surface area contributed by atoms with Crippen molar-refractivity contribution in [3.63, 3.8) is 0 Å². The van der Waals surface area contributed by atoms with Gasteiger partial charge in [-0.2, -0.15) is 0 Å². The van der Waals surface area contributed by atoms with Gasteiger partial charge in [0.05, 0.1) is 0 Å². The number of hydrogen-bond acceptors (Lipinski definition) is 4. The van der Waals surface area contributed by atoms with Crippen LogP contribution in [0.1, 0.15) is 33.0 Å². The lowest BCUT2D eigenvalue weighted by Crippen LogP contribution is -2.37. The van der Waals surface area contributed by atoms with Crippen LogP contribution in [-0.4, -0.2) is 19.6 Å². The molecule has 0 aliphatic rings. The third-order valence-corrected chi connectivity index (χ3v) is 3.97. The van der Waals surface area contributed by atoms with E-state index in [2.05, 4.69) is 4.72 Å². The normalized spacial score (nSPS) is 14.2. The number of sulfonamides is 1. The Hall–Kier alpha value is -0.850. The van der Waals surface area contributed by atoms with E-state index in [0.717, 1.165) is 0 Å². The van der Waals surface area contributed by atoms with E-state index in [-0.39, 0.29) is 29.4 Å². The highest BCUT2D eigenvalue weighted by Crippen LogP contribution is 2.16. The van der Waals surface area contributed by atoms with Crippen LogP contribution < -0.4 is 4.72 Å². The quantitative estimate of drug-likeness (QED) is 0.813. The second kappa shape index (κ2) is 5.66. The summed E-state index contributed by atoms with van der Waals surface area (Å²) in [6, 6.07) is 2.67. The van der Waals surface area contributed by atoms with Gasteiger partial charge in [-0.15, -0.1) is 0 Å². The first-order valence-corrected chi connectivity index (χ1v) is 7.11. The maximum Gasteiger partial charge on any atom is 0.274 e. The summed E-state index contributed by atoms with van der Waals surface area (Å²) < 4.78 is 31.5. The van der Waals surface area contributed by atoms with Gasteiger partial charge in [0.2, 0.25) is 5.09 Å². The minimum absolute atomic E-state index is 0.123. The SMILES string of the molecule is CCC(NS(=O)(=O)c1ccc(CO)o1)C(C)C. The minimum Gasteiger partial charge on any atom is -0.446 e. The highest BCUT2D eigenvalue weighted by Gasteiger charge is 2.23. The van der Waals surface area contributed by atoms with E-state index in [9.17, 15) is 8.42 Å². The van der Waals surface area contributed by atoms with Crippen molar-refractivity contribution in [1.82, 2.24) is 4.72 Å². The van der Waals surface area contributed by atoms with Crippen molar-refractivity contribution in [2.45, 2.75) is 44.9 Å². The summed E-state index contributed by atoms with van der Waals surface area (Å²) in [5, 5.41) is 8.67. The van der Waals surface area contributed by atoms with Crippen LogP contribution >= 0.6 is 0 Å². The zero-order valence-corrected chi connectivity index (χ0v) is 11.1. The standard InChI is InChI=1S/C11H19NO4S/c1-4-10(8(2)3)12-17(14,15)11-6-5-9(7-13)16-11/h5-6,8,10,12-13H,4,7H2,1-3H3. The molecule has 6 heteroatoms. The fourth-order valence-corrected chi connectivity index (χ4v) is 2.95. The molecule has 0 amide bonds. The van der Waals surface area contributed by atoms with Crippen LogP contribution in [0.2, 0.25) is 0 Å². The molecule has 1 aromatic heterocycles. The van der Waals surface area contributed by atoms with E-state index in [1.807, 2.05) is 20.8 Å². The Morgan fingerprint density at radius 2 is 2.06 bits per heavy atom. The number of hydrogen-bond donors (Lipinski definition) is 2. The summed E-state index contributed by atoms with van der Waals surface area (Å²) >= 11 is 0. The van der Waals surface area contributed by atoms with Crippen LogP contribution in [0.5, 0.6) is 0 Å². The van der Waals surface area contributed by atoms with Gasteiger partial charge < -0.3 is 9.52 Å². The molecule has 0 spiro atoms. The minimum atomic E-state index is -3.63. The number of aliphatic hydroxyl groups excluding tert-OH is 1. The molecule has 1 rings (SSSR count). The Bertz CT molecular complexity index is 450. The fraction of sp³-hybridized carbons (Fsp3) is 0.636. The number of furan rings is 1. The van der Waals surface area contributed by atoms with Crippen LogP contribution in [0.15, 0.2) is 21.6 Å². The Balaban J connectivity index is 2.88. The third-order valence-electron chi connectivity index (χ3n) is 2.61. The van der Waals surface area contributed by atoms with E-state index in [0.29, 0.717) is 6.42 Å². The first-order valence-electron chi connectivity index (χ1n) is 5.62. The van der Waals surface area contributed by atoms with E-state index in [4.69, 9.17) is 9.52 Å². The highest BCUT2D eigenvalue weighted by atomic mass is 32.2. The number of rotatable bonds is 6. The Morgan fingerprint density at radius 3 is 2.47 bits per heavy atom. The fourth-order valence-electron chi connectivity index (χ4n) is 1.54. The molecular formula is C11H19NO4S. The maximum absolute atomic E-state index is 11.9. The van der Waals surface area contributed by atoms with Crippen molar-refractivity contribution >= 4 is 10.0 Å². The third kappa shape index (κ3) is 3.55. The molecule has 17 heavy (non-hydrogen) atoms. The van der Waals surface area contributed by atoms with Gasteiger partial charge in [0, 0.05) is 6.04 Å². The molecule has 0 aliphatic carbocycles. The molecule has 0 fully saturated rings. The first-order chi connectivity index (χ1) is 7.90. The smallest absolute Gasteiger partial charge is 0.274 e. The molecule has 0 saturated carbocycles. The van der Waals surface area contributed by atoms with Crippen LogP contribution in [0.4, 0.5) is 0 Å². The van der Waals surface area contributed by atoms with Gasteiger partial charge >= 0.3 is 0 Å². The summed E-state index contributed by atoms with van der Waals surface area (Å²) in [4.78, 5) is 0. The van der Waals surface area contributed by atoms with E-state index in [1.165, 1.54) is 12.1 Å². The average Bonchev–Trinajstić information content (AvgIpc) is 2.74. The molecule has 98 valence electrons. The van der Waals surface area contributed by atoms with Gasteiger partial charge in [-0.05, 0) is 24.5 Å². The average molecular weight is 261 g/mol. The van der Waals surface area contributed by atoms with Gasteiger partial charge in [0.25, 0.3) is 10.0 Å². The zero-order chi connectivity index (χ0) is 13.1. The second-order valence-corrected chi connectivity index (χ2v) is 5.90. The molecule has 0 aliphatic heterocycles. The summed E-state index contributed by atoms with van der Waals surface area (Å²) in [5.41, 5.74) is 0. The number of nitrogens with one attached hydrogen (secondary N) is 1. The molecule has 2 N–H and O–H groups in total. The second-order valence-electron chi connectivity index (χ2n) is 4.26. The van der Waals surface area contributed by atoms with Crippen molar-refractivity contribution in [2.24, 2.45) is 5.92 Å². The van der Waals surface area contributed by atoms with Crippen LogP contribution in [-0.2, 0) is 16.6 Å². The molecule has 0 aromatic carbocycles. The lowest BCUT2D eigenvalue weighted by Gasteiger charge is -2.19. The predicted molar refractivity (Wildman–Crippen MR) is 63.9 cm³/mol. The summed E-state index contributed by atoms with van der Waals surface area (Å²) in [7, 11) is -3.63. The summed E-state index contributed by atoms with van der Waals surface area (Å²) in [5.74, 6) is 0.449. The van der Waals surface area contributed by atoms with Gasteiger partial charge in [-0.25, -0.2) is 13.1 Å². The molecule has 1 aromatic rings. The van der Waals surface area contributed by atoms with E-state index in [1.54, 1.807) is 0 Å². The predicted octanol–water partition coefficient (Wildman–Crippen LogP) is 1.48. The van der Waals surface area contributed by atoms with Crippen molar-refractivity contribution in [2.75, 3.05) is 0 Å². The van der Waals surface area contributed by atoms with E-state index < -0.39 is 10.0 Å². The highest BCUT2D eigenvalue weighted by molar-refractivity contribution is 7.89. The van der Waals surface area contributed by atoms with Gasteiger partial charge in [-0.1, -0.05) is 20.8 Å². The van der Waals surface area contributed by atoms with Crippen molar-refractivity contribution in [3.05, 3.63) is 17.9 Å². The molecule has 0 radical (unpaired) electrons. The maximum atomic E-state index is 11.9. The molecule has 5 nitrogen and oxygen atoms in total. The monoisotopic (exact) mass is 261 g/mol. The van der Waals surface area contributed by atoms with Crippen LogP contribution in [0.25, 0.3) is 0 Å². The Morgan fingerprint density at radius 1 is 1.41 bits per heavy atom. The topological polar surface area (TPSA) is 79.5 Å². The molecule has 1 atom stereocenters. The van der Waals surface area contributed by atoms with Crippen LogP contribution in [0, 0.1) is 5.92 Å². The summed E-state index contributed by atoms with van der Waals surface area (Å²) in [6.45, 7) is 5.53. The molecule has 0 saturated heterocycles. The van der Waals surface area contributed by atoms with Crippen LogP contribution in [0.3, 0.4) is 0 Å². The number of aliphatic hydroxyl groups is 1. The van der Waals surface area contributed by atoms with Gasteiger partial charge in [-0.3, -0.25) is 0 Å². The van der Waals surface area contributed by atoms with Gasteiger partial charge in [0.15, 0.2) is 0 Å². The molecule has 1 unspecified atom stereocenters. The molecular weight excluding hydrogens is 242 g/mol. The lowest BCUT2D eigenvalue weighted by molar-refractivity contribution is 0.236. The van der Waals surface area contributed by atoms with Crippen molar-refractivity contribution < 1.29 is 17.9 Å². The Labute approximate surface area is 102 Å². The summed E-state index contributed by atoms with van der Waals surface area (Å²) in [6.07, 6.45) is 0.713. The molecule has 0 bridgehead atoms. The van der Waals surface area contributed by atoms with Gasteiger partial charge in [0.1, 0.15) is 12.4 Å². The van der Waals surface area contributed by atoms with E-state index >= 15 is 0 Å². The first kappa shape index (κ1) is 14.2. The Kier molecular flexibility index (Phi) is 4.73. The largest absolute Gasteiger partial charge is 0.446 e. The molecule has 1 heterocycles. The zero-order valence-electron chi connectivity index (χ0n) is 10.3.